The van der Waals surface area contributed by atoms with Gasteiger partial charge in [-0.2, -0.15) is 0 Å². The van der Waals surface area contributed by atoms with E-state index in [-0.39, 0.29) is 5.91 Å². The summed E-state index contributed by atoms with van der Waals surface area (Å²) in [5.74, 6) is 0.653. The van der Waals surface area contributed by atoms with Gasteiger partial charge in [-0.3, -0.25) is 4.79 Å². The van der Waals surface area contributed by atoms with Gasteiger partial charge >= 0.3 is 0 Å². The fourth-order valence-corrected chi connectivity index (χ4v) is 2.16. The molecule has 104 valence electrons. The lowest BCUT2D eigenvalue weighted by Gasteiger charge is -2.11. The highest BCUT2D eigenvalue weighted by Crippen LogP contribution is 2.23. The first-order valence-corrected chi connectivity index (χ1v) is 7.44. The molecule has 0 radical (unpaired) electrons. The monoisotopic (exact) mass is 333 g/mol. The average Bonchev–Trinajstić information content (AvgIpc) is 2.45. The van der Waals surface area contributed by atoms with E-state index < -0.39 is 0 Å². The Balaban J connectivity index is 2.12. The van der Waals surface area contributed by atoms with E-state index in [1.807, 2.05) is 48.5 Å². The Labute approximate surface area is 127 Å². The number of anilines is 1. The summed E-state index contributed by atoms with van der Waals surface area (Å²) in [6.45, 7) is 2.00. The van der Waals surface area contributed by atoms with Gasteiger partial charge in [0.1, 0.15) is 12.4 Å². The molecule has 4 heteroatoms. The molecule has 2 aromatic carbocycles. The third kappa shape index (κ3) is 4.38. The van der Waals surface area contributed by atoms with E-state index in [2.05, 4.69) is 21.2 Å². The number of rotatable bonds is 5. The van der Waals surface area contributed by atoms with Crippen LogP contribution >= 0.6 is 15.9 Å². The molecule has 0 bridgehead atoms. The van der Waals surface area contributed by atoms with Crippen LogP contribution in [0.2, 0.25) is 0 Å². The standard InChI is InChI=1S/C16H16BrNO2/c1-12(19)18-15-7-14(10-17)8-16(9-15)20-11-13-5-3-2-4-6-13/h2-9H,10-11H2,1H3,(H,18,19). The summed E-state index contributed by atoms with van der Waals surface area (Å²) in [6.07, 6.45) is 0. The van der Waals surface area contributed by atoms with Gasteiger partial charge in [0.2, 0.25) is 5.91 Å². The second kappa shape index (κ2) is 7.10. The zero-order valence-corrected chi connectivity index (χ0v) is 12.8. The maximum atomic E-state index is 11.1. The summed E-state index contributed by atoms with van der Waals surface area (Å²) in [5.41, 5.74) is 2.91. The lowest BCUT2D eigenvalue weighted by Crippen LogP contribution is -2.06. The largest absolute Gasteiger partial charge is 0.489 e. The number of alkyl halides is 1. The van der Waals surface area contributed by atoms with Crippen LogP contribution in [0.4, 0.5) is 5.69 Å². The number of carbonyl (C=O) groups excluding carboxylic acids is 1. The predicted molar refractivity (Wildman–Crippen MR) is 84.2 cm³/mol. The quantitative estimate of drug-likeness (QED) is 0.836. The Morgan fingerprint density at radius 1 is 1.15 bits per heavy atom. The van der Waals surface area contributed by atoms with Crippen LogP contribution in [0.1, 0.15) is 18.1 Å². The van der Waals surface area contributed by atoms with Gasteiger partial charge in [0.05, 0.1) is 0 Å². The van der Waals surface area contributed by atoms with Gasteiger partial charge in [-0.1, -0.05) is 46.3 Å². The number of halogens is 1. The summed E-state index contributed by atoms with van der Waals surface area (Å²) in [5, 5.41) is 3.49. The third-order valence-electron chi connectivity index (χ3n) is 2.69. The van der Waals surface area contributed by atoms with E-state index in [0.717, 1.165) is 22.6 Å². The van der Waals surface area contributed by atoms with Gasteiger partial charge in [0.25, 0.3) is 0 Å². The van der Waals surface area contributed by atoms with Crippen molar-refractivity contribution >= 4 is 27.5 Å². The molecule has 3 nitrogen and oxygen atoms in total. The Bertz CT molecular complexity index is 584. The van der Waals surface area contributed by atoms with Crippen LogP contribution < -0.4 is 10.1 Å². The predicted octanol–water partition coefficient (Wildman–Crippen LogP) is 4.12. The lowest BCUT2D eigenvalue weighted by molar-refractivity contribution is -0.114. The minimum Gasteiger partial charge on any atom is -0.489 e. The number of carbonyl (C=O) groups is 1. The number of amides is 1. The van der Waals surface area contributed by atoms with Crippen LogP contribution in [0.25, 0.3) is 0 Å². The Hall–Kier alpha value is -1.81. The molecular formula is C16H16BrNO2. The van der Waals surface area contributed by atoms with Crippen molar-refractivity contribution < 1.29 is 9.53 Å². The summed E-state index contributed by atoms with van der Waals surface area (Å²) in [7, 11) is 0. The number of hydrogen-bond donors (Lipinski definition) is 1. The summed E-state index contributed by atoms with van der Waals surface area (Å²) in [4.78, 5) is 11.1. The van der Waals surface area contributed by atoms with Crippen molar-refractivity contribution in [2.24, 2.45) is 0 Å². The van der Waals surface area contributed by atoms with E-state index in [1.165, 1.54) is 6.92 Å². The SMILES string of the molecule is CC(=O)Nc1cc(CBr)cc(OCc2ccccc2)c1. The van der Waals surface area contributed by atoms with Crippen LogP contribution in [0, 0.1) is 0 Å². The molecule has 0 aliphatic heterocycles. The zero-order valence-electron chi connectivity index (χ0n) is 11.2. The number of benzene rings is 2. The molecule has 2 aromatic rings. The molecule has 20 heavy (non-hydrogen) atoms. The molecule has 1 N–H and O–H groups in total. The molecule has 0 atom stereocenters. The van der Waals surface area contributed by atoms with Crippen molar-refractivity contribution in [3.63, 3.8) is 0 Å². The fourth-order valence-electron chi connectivity index (χ4n) is 1.84. The smallest absolute Gasteiger partial charge is 0.221 e. The van der Waals surface area contributed by atoms with E-state index >= 15 is 0 Å². The second-order valence-electron chi connectivity index (χ2n) is 4.45. The molecule has 0 aliphatic carbocycles. The highest BCUT2D eigenvalue weighted by Gasteiger charge is 2.03. The summed E-state index contributed by atoms with van der Waals surface area (Å²) < 4.78 is 5.78. The van der Waals surface area contributed by atoms with Crippen LogP contribution in [0.5, 0.6) is 5.75 Å². The van der Waals surface area contributed by atoms with Gasteiger partial charge < -0.3 is 10.1 Å². The molecule has 0 heterocycles. The summed E-state index contributed by atoms with van der Waals surface area (Å²) >= 11 is 3.42. The first kappa shape index (κ1) is 14.6. The van der Waals surface area contributed by atoms with Gasteiger partial charge in [-0.15, -0.1) is 0 Å². The van der Waals surface area contributed by atoms with Crippen molar-refractivity contribution in [1.82, 2.24) is 0 Å². The first-order chi connectivity index (χ1) is 9.67. The van der Waals surface area contributed by atoms with Crippen molar-refractivity contribution in [3.05, 3.63) is 59.7 Å². The minimum absolute atomic E-state index is 0.0919. The molecule has 0 unspecified atom stereocenters. The van der Waals surface area contributed by atoms with Crippen molar-refractivity contribution in [2.75, 3.05) is 5.32 Å². The number of ether oxygens (including phenoxy) is 1. The second-order valence-corrected chi connectivity index (χ2v) is 5.02. The van der Waals surface area contributed by atoms with E-state index in [1.54, 1.807) is 0 Å². The van der Waals surface area contributed by atoms with Crippen molar-refractivity contribution in [2.45, 2.75) is 18.9 Å². The van der Waals surface area contributed by atoms with Gasteiger partial charge in [0.15, 0.2) is 0 Å². The van der Waals surface area contributed by atoms with Gasteiger partial charge in [0, 0.05) is 24.0 Å². The normalized spacial score (nSPS) is 10.1. The minimum atomic E-state index is -0.0919. The van der Waals surface area contributed by atoms with E-state index in [9.17, 15) is 4.79 Å². The molecule has 0 saturated carbocycles. The van der Waals surface area contributed by atoms with Gasteiger partial charge in [-0.05, 0) is 23.3 Å². The van der Waals surface area contributed by atoms with Crippen molar-refractivity contribution in [3.8, 4) is 5.75 Å². The molecule has 2 rings (SSSR count). The first-order valence-electron chi connectivity index (χ1n) is 6.31. The van der Waals surface area contributed by atoms with Crippen LogP contribution in [0.15, 0.2) is 48.5 Å². The molecular weight excluding hydrogens is 318 g/mol. The number of hydrogen-bond acceptors (Lipinski definition) is 2. The molecule has 1 amide bonds. The molecule has 0 fully saturated rings. The van der Waals surface area contributed by atoms with Crippen molar-refractivity contribution in [1.29, 1.82) is 0 Å². The van der Waals surface area contributed by atoms with E-state index in [4.69, 9.17) is 4.74 Å². The Morgan fingerprint density at radius 2 is 1.90 bits per heavy atom. The molecule has 0 aliphatic rings. The Morgan fingerprint density at radius 3 is 2.55 bits per heavy atom. The van der Waals surface area contributed by atoms with E-state index in [0.29, 0.717) is 11.9 Å². The van der Waals surface area contributed by atoms with Crippen LogP contribution in [-0.2, 0) is 16.7 Å². The maximum Gasteiger partial charge on any atom is 0.221 e. The fraction of sp³-hybridized carbons (Fsp3) is 0.188. The summed E-state index contributed by atoms with van der Waals surface area (Å²) in [6, 6.07) is 15.7. The van der Waals surface area contributed by atoms with Crippen LogP contribution in [0.3, 0.4) is 0 Å². The highest BCUT2D eigenvalue weighted by molar-refractivity contribution is 9.08. The molecule has 0 saturated heterocycles. The molecule has 0 spiro atoms. The maximum absolute atomic E-state index is 11.1. The molecule has 0 aromatic heterocycles. The lowest BCUT2D eigenvalue weighted by atomic mass is 10.2. The zero-order chi connectivity index (χ0) is 14.4. The van der Waals surface area contributed by atoms with Crippen LogP contribution in [-0.4, -0.2) is 5.91 Å². The third-order valence-corrected chi connectivity index (χ3v) is 3.34. The number of nitrogens with one attached hydrogen (secondary N) is 1. The topological polar surface area (TPSA) is 38.3 Å². The Kier molecular flexibility index (Phi) is 5.18. The highest BCUT2D eigenvalue weighted by atomic mass is 79.9. The average molecular weight is 334 g/mol. The van der Waals surface area contributed by atoms with Gasteiger partial charge in [-0.25, -0.2) is 0 Å².